The lowest BCUT2D eigenvalue weighted by molar-refractivity contribution is 0.0165. The van der Waals surface area contributed by atoms with Crippen LogP contribution in [0.15, 0.2) is 24.3 Å². The fourth-order valence-corrected chi connectivity index (χ4v) is 3.19. The van der Waals surface area contributed by atoms with Crippen molar-refractivity contribution in [3.8, 4) is 11.5 Å². The van der Waals surface area contributed by atoms with Gasteiger partial charge in [0, 0.05) is 0 Å². The van der Waals surface area contributed by atoms with Gasteiger partial charge in [-0.3, -0.25) is 8.37 Å². The molecule has 2 rings (SSSR count). The third-order valence-electron chi connectivity index (χ3n) is 3.56. The lowest BCUT2D eigenvalue weighted by atomic mass is 9.95. The number of rotatable bonds is 9. The standard InChI is InChI=1S/C16H22F2O5S/c1-2-20-12-7-9-13(10-8-12)22-14-5-3-4-6-15(14)23-24(19)21-11-16(17)18/h7-10,14-16H,2-6,11H2,1H3. The molecule has 8 heteroatoms. The van der Waals surface area contributed by atoms with Crippen LogP contribution in [-0.2, 0) is 19.7 Å². The first-order valence-electron chi connectivity index (χ1n) is 7.98. The Bertz CT molecular complexity index is 512. The van der Waals surface area contributed by atoms with Crippen LogP contribution < -0.4 is 9.47 Å². The van der Waals surface area contributed by atoms with Gasteiger partial charge in [-0.15, -0.1) is 0 Å². The van der Waals surface area contributed by atoms with Gasteiger partial charge >= 0.3 is 11.4 Å². The Morgan fingerprint density at radius 1 is 1.12 bits per heavy atom. The van der Waals surface area contributed by atoms with E-state index in [0.29, 0.717) is 18.8 Å². The van der Waals surface area contributed by atoms with Gasteiger partial charge in [0.2, 0.25) is 0 Å². The number of hydrogen-bond acceptors (Lipinski definition) is 5. The molecule has 0 aliphatic heterocycles. The van der Waals surface area contributed by atoms with Crippen molar-refractivity contribution in [2.45, 2.75) is 51.2 Å². The maximum absolute atomic E-state index is 12.1. The minimum atomic E-state index is -2.68. The Morgan fingerprint density at radius 3 is 2.38 bits per heavy atom. The average molecular weight is 364 g/mol. The van der Waals surface area contributed by atoms with Crippen LogP contribution in [0.3, 0.4) is 0 Å². The van der Waals surface area contributed by atoms with Crippen LogP contribution in [0, 0.1) is 0 Å². The molecule has 0 amide bonds. The molecule has 0 N–H and O–H groups in total. The van der Waals surface area contributed by atoms with Crippen molar-refractivity contribution in [1.29, 1.82) is 0 Å². The highest BCUT2D eigenvalue weighted by atomic mass is 32.2. The summed E-state index contributed by atoms with van der Waals surface area (Å²) in [6.07, 6.45) is -0.180. The van der Waals surface area contributed by atoms with Crippen molar-refractivity contribution in [1.82, 2.24) is 0 Å². The Morgan fingerprint density at radius 2 is 1.75 bits per heavy atom. The number of ether oxygens (including phenoxy) is 2. The molecule has 1 aromatic carbocycles. The molecular formula is C16H22F2O5S. The summed E-state index contributed by atoms with van der Waals surface area (Å²) in [5.41, 5.74) is 0. The van der Waals surface area contributed by atoms with Crippen molar-refractivity contribution in [2.75, 3.05) is 13.2 Å². The zero-order chi connectivity index (χ0) is 17.4. The Balaban J connectivity index is 1.89. The van der Waals surface area contributed by atoms with Crippen molar-refractivity contribution in [3.63, 3.8) is 0 Å². The van der Waals surface area contributed by atoms with E-state index in [1.807, 2.05) is 6.92 Å². The third kappa shape index (κ3) is 6.33. The van der Waals surface area contributed by atoms with E-state index in [9.17, 15) is 13.0 Å². The van der Waals surface area contributed by atoms with E-state index >= 15 is 0 Å². The van der Waals surface area contributed by atoms with Gasteiger partial charge in [-0.25, -0.2) is 8.78 Å². The van der Waals surface area contributed by atoms with Crippen molar-refractivity contribution < 1.29 is 30.8 Å². The van der Waals surface area contributed by atoms with Gasteiger partial charge in [0.15, 0.2) is 0 Å². The predicted octanol–water partition coefficient (Wildman–Crippen LogP) is 3.65. The molecule has 1 aliphatic carbocycles. The second-order valence-electron chi connectivity index (χ2n) is 5.36. The van der Waals surface area contributed by atoms with Crippen molar-refractivity contribution in [3.05, 3.63) is 24.3 Å². The molecule has 1 fully saturated rings. The molecule has 0 aromatic heterocycles. The van der Waals surface area contributed by atoms with Gasteiger partial charge in [-0.05, 0) is 50.5 Å². The fraction of sp³-hybridized carbons (Fsp3) is 0.625. The molecule has 1 aliphatic rings. The highest BCUT2D eigenvalue weighted by Gasteiger charge is 2.30. The summed E-state index contributed by atoms with van der Waals surface area (Å²) >= 11 is -2.20. The molecule has 0 radical (unpaired) electrons. The highest BCUT2D eigenvalue weighted by Crippen LogP contribution is 2.27. The van der Waals surface area contributed by atoms with Gasteiger partial charge in [-0.2, -0.15) is 4.21 Å². The van der Waals surface area contributed by atoms with Gasteiger partial charge in [0.25, 0.3) is 6.43 Å². The minimum absolute atomic E-state index is 0.296. The van der Waals surface area contributed by atoms with E-state index in [2.05, 4.69) is 4.18 Å². The molecular weight excluding hydrogens is 342 g/mol. The molecule has 0 spiro atoms. The smallest absolute Gasteiger partial charge is 0.305 e. The number of alkyl halides is 2. The van der Waals surface area contributed by atoms with Crippen LogP contribution in [0.2, 0.25) is 0 Å². The molecule has 0 heterocycles. The third-order valence-corrected chi connectivity index (χ3v) is 4.29. The van der Waals surface area contributed by atoms with Crippen LogP contribution in [0.5, 0.6) is 11.5 Å². The number of benzene rings is 1. The molecule has 3 atom stereocenters. The average Bonchev–Trinajstić information content (AvgIpc) is 2.57. The van der Waals surface area contributed by atoms with Crippen molar-refractivity contribution in [2.24, 2.45) is 0 Å². The van der Waals surface area contributed by atoms with E-state index in [4.69, 9.17) is 13.7 Å². The first-order valence-corrected chi connectivity index (χ1v) is 8.98. The molecule has 24 heavy (non-hydrogen) atoms. The zero-order valence-corrected chi connectivity index (χ0v) is 14.3. The summed E-state index contributed by atoms with van der Waals surface area (Å²) < 4.78 is 56.8. The van der Waals surface area contributed by atoms with E-state index in [1.54, 1.807) is 24.3 Å². The van der Waals surface area contributed by atoms with Gasteiger partial charge in [0.1, 0.15) is 30.3 Å². The highest BCUT2D eigenvalue weighted by molar-refractivity contribution is 7.75. The molecule has 0 saturated heterocycles. The molecule has 3 unspecified atom stereocenters. The first-order chi connectivity index (χ1) is 11.6. The molecule has 1 saturated carbocycles. The normalized spacial score (nSPS) is 22.3. The molecule has 5 nitrogen and oxygen atoms in total. The van der Waals surface area contributed by atoms with Gasteiger partial charge in [0.05, 0.1) is 6.61 Å². The summed E-state index contributed by atoms with van der Waals surface area (Å²) in [7, 11) is 0. The lowest BCUT2D eigenvalue weighted by Crippen LogP contribution is -2.37. The Hall–Kier alpha value is -1.25. The monoisotopic (exact) mass is 364 g/mol. The molecule has 0 bridgehead atoms. The SMILES string of the molecule is CCOc1ccc(OC2CCCCC2OS(=O)OCC(F)F)cc1. The van der Waals surface area contributed by atoms with E-state index in [-0.39, 0.29) is 6.10 Å². The number of halogens is 2. The second kappa shape index (κ2) is 9.90. The quantitative estimate of drug-likeness (QED) is 0.669. The predicted molar refractivity (Wildman–Crippen MR) is 85.5 cm³/mol. The summed E-state index contributed by atoms with van der Waals surface area (Å²) in [5.74, 6) is 1.40. The van der Waals surface area contributed by atoms with Crippen LogP contribution in [0.25, 0.3) is 0 Å². The minimum Gasteiger partial charge on any atom is -0.494 e. The largest absolute Gasteiger partial charge is 0.494 e. The van der Waals surface area contributed by atoms with Crippen LogP contribution in [-0.4, -0.2) is 36.1 Å². The van der Waals surface area contributed by atoms with Crippen molar-refractivity contribution >= 4 is 11.4 Å². The number of hydrogen-bond donors (Lipinski definition) is 0. The Kier molecular flexibility index (Phi) is 7.87. The molecule has 136 valence electrons. The van der Waals surface area contributed by atoms with Gasteiger partial charge in [-0.1, -0.05) is 6.42 Å². The van der Waals surface area contributed by atoms with E-state index in [1.165, 1.54) is 0 Å². The zero-order valence-electron chi connectivity index (χ0n) is 13.5. The lowest BCUT2D eigenvalue weighted by Gasteiger charge is -2.30. The summed E-state index contributed by atoms with van der Waals surface area (Å²) in [6, 6.07) is 7.20. The van der Waals surface area contributed by atoms with Crippen LogP contribution in [0.4, 0.5) is 8.78 Å². The maximum atomic E-state index is 12.1. The second-order valence-corrected chi connectivity index (χ2v) is 6.20. The van der Waals surface area contributed by atoms with E-state index in [0.717, 1.165) is 25.0 Å². The summed E-state index contributed by atoms with van der Waals surface area (Å²) in [4.78, 5) is 0. The summed E-state index contributed by atoms with van der Waals surface area (Å²) in [6.45, 7) is 1.58. The topological polar surface area (TPSA) is 54.0 Å². The Labute approximate surface area is 143 Å². The van der Waals surface area contributed by atoms with Crippen LogP contribution >= 0.6 is 0 Å². The van der Waals surface area contributed by atoms with E-state index < -0.39 is 30.5 Å². The van der Waals surface area contributed by atoms with Gasteiger partial charge < -0.3 is 9.47 Å². The fourth-order valence-electron chi connectivity index (χ4n) is 2.50. The maximum Gasteiger partial charge on any atom is 0.305 e. The molecule has 1 aromatic rings. The summed E-state index contributed by atoms with van der Waals surface area (Å²) in [5, 5.41) is 0. The van der Waals surface area contributed by atoms with Crippen LogP contribution in [0.1, 0.15) is 32.6 Å². The first kappa shape index (κ1) is 19.1.